The van der Waals surface area contributed by atoms with Crippen molar-refractivity contribution in [3.05, 3.63) is 69.6 Å². The molecule has 0 aliphatic rings. The third-order valence-corrected chi connectivity index (χ3v) is 7.61. The number of halogens is 1. The molecule has 0 fully saturated rings. The second kappa shape index (κ2) is 10.4. The Morgan fingerprint density at radius 2 is 1.91 bits per heavy atom. The molecule has 2 N–H and O–H groups in total. The average Bonchev–Trinajstić information content (AvgIpc) is 2.77. The van der Waals surface area contributed by atoms with Crippen molar-refractivity contribution in [3.8, 4) is 5.75 Å². The number of H-pyrrole nitrogens is 1. The molecule has 0 radical (unpaired) electrons. The fraction of sp³-hybridized carbons (Fsp3) is 0.227. The highest BCUT2D eigenvalue weighted by atomic mass is 35.5. The maximum Gasteiger partial charge on any atom is 0.270 e. The van der Waals surface area contributed by atoms with Gasteiger partial charge >= 0.3 is 0 Å². The summed E-state index contributed by atoms with van der Waals surface area (Å²) in [6.45, 7) is 4.00. The Labute approximate surface area is 200 Å². The number of carbonyl (C=O) groups is 1. The van der Waals surface area contributed by atoms with E-state index < -0.39 is 20.3 Å². The first kappa shape index (κ1) is 24.8. The molecule has 1 heterocycles. The quantitative estimate of drug-likeness (QED) is 0.347. The van der Waals surface area contributed by atoms with Gasteiger partial charge in [-0.2, -0.15) is 0 Å². The number of nitrogens with one attached hydrogen (secondary N) is 2. The zero-order chi connectivity index (χ0) is 24.2. The van der Waals surface area contributed by atoms with Crippen LogP contribution < -0.4 is 15.6 Å². The van der Waals surface area contributed by atoms with E-state index in [0.717, 1.165) is 23.5 Å². The molecular formula is C22H22ClN3O5S2. The number of aromatic amines is 1. The molecule has 0 unspecified atom stereocenters. The molecule has 33 heavy (non-hydrogen) atoms. The maximum absolute atomic E-state index is 12.8. The smallest absolute Gasteiger partial charge is 0.270 e. The number of aromatic nitrogens is 2. The van der Waals surface area contributed by atoms with Gasteiger partial charge in [0.1, 0.15) is 5.75 Å². The molecule has 0 atom stereocenters. The lowest BCUT2D eigenvalue weighted by molar-refractivity contribution is -0.113. The number of carbonyl (C=O) groups excluding carboxylic acids is 1. The first-order valence-corrected chi connectivity index (χ1v) is 12.7. The van der Waals surface area contributed by atoms with Crippen LogP contribution in [0.25, 0.3) is 0 Å². The van der Waals surface area contributed by atoms with E-state index in [1.165, 1.54) is 19.2 Å². The van der Waals surface area contributed by atoms with E-state index in [-0.39, 0.29) is 27.6 Å². The van der Waals surface area contributed by atoms with Gasteiger partial charge in [0, 0.05) is 5.69 Å². The Bertz CT molecular complexity index is 1320. The van der Waals surface area contributed by atoms with E-state index in [2.05, 4.69) is 15.3 Å². The third-order valence-electron chi connectivity index (χ3n) is 4.67. The number of rotatable bonds is 8. The standard InChI is InChI=1S/C22H22ClN3O5S2/c1-13(2)14-4-7-16(8-5-14)33(29,30)19-11-24-22(26-21(19)28)32-12-20(27)25-15-6-9-18(31-3)17(23)10-15/h4-11,13H,12H2,1-3H3,(H,25,27)(H,24,26,28). The molecule has 0 saturated heterocycles. The lowest BCUT2D eigenvalue weighted by Crippen LogP contribution is -2.20. The summed E-state index contributed by atoms with van der Waals surface area (Å²) in [6.07, 6.45) is 1.01. The van der Waals surface area contributed by atoms with Gasteiger partial charge in [0.2, 0.25) is 15.7 Å². The van der Waals surface area contributed by atoms with Crippen LogP contribution in [0.5, 0.6) is 5.75 Å². The summed E-state index contributed by atoms with van der Waals surface area (Å²) in [5.41, 5.74) is 0.670. The van der Waals surface area contributed by atoms with Crippen LogP contribution in [-0.2, 0) is 14.6 Å². The van der Waals surface area contributed by atoms with Gasteiger partial charge in [0.15, 0.2) is 10.1 Å². The fourth-order valence-electron chi connectivity index (χ4n) is 2.87. The first-order chi connectivity index (χ1) is 15.6. The number of sulfone groups is 1. The van der Waals surface area contributed by atoms with Crippen LogP contribution >= 0.6 is 23.4 Å². The van der Waals surface area contributed by atoms with Gasteiger partial charge < -0.3 is 15.0 Å². The largest absolute Gasteiger partial charge is 0.495 e. The molecule has 0 aliphatic heterocycles. The number of hydrogen-bond donors (Lipinski definition) is 2. The molecule has 0 bridgehead atoms. The highest BCUT2D eigenvalue weighted by Crippen LogP contribution is 2.27. The summed E-state index contributed by atoms with van der Waals surface area (Å²) in [5, 5.41) is 3.15. The van der Waals surface area contributed by atoms with Gasteiger partial charge in [-0.15, -0.1) is 0 Å². The summed E-state index contributed by atoms with van der Waals surface area (Å²) in [4.78, 5) is 30.6. The van der Waals surface area contributed by atoms with Crippen molar-refractivity contribution >= 4 is 44.8 Å². The summed E-state index contributed by atoms with van der Waals surface area (Å²) in [7, 11) is -2.54. The summed E-state index contributed by atoms with van der Waals surface area (Å²) in [5.74, 6) is 0.319. The van der Waals surface area contributed by atoms with E-state index in [9.17, 15) is 18.0 Å². The fourth-order valence-corrected chi connectivity index (χ4v) is 4.99. The topological polar surface area (TPSA) is 118 Å². The lowest BCUT2D eigenvalue weighted by Gasteiger charge is -2.09. The van der Waals surface area contributed by atoms with Crippen molar-refractivity contribution in [2.75, 3.05) is 18.2 Å². The summed E-state index contributed by atoms with van der Waals surface area (Å²) in [6, 6.07) is 11.2. The average molecular weight is 508 g/mol. The number of hydrogen-bond acceptors (Lipinski definition) is 7. The number of ether oxygens (including phenoxy) is 1. The van der Waals surface area contributed by atoms with Crippen LogP contribution in [-0.4, -0.2) is 37.2 Å². The minimum Gasteiger partial charge on any atom is -0.495 e. The Morgan fingerprint density at radius 1 is 1.21 bits per heavy atom. The van der Waals surface area contributed by atoms with Crippen molar-refractivity contribution in [2.24, 2.45) is 0 Å². The van der Waals surface area contributed by atoms with Gasteiger partial charge in [0.25, 0.3) is 5.56 Å². The SMILES string of the molecule is COc1ccc(NC(=O)CSc2ncc(S(=O)(=O)c3ccc(C(C)C)cc3)c(=O)[nH]2)cc1Cl. The van der Waals surface area contributed by atoms with Gasteiger partial charge in [-0.25, -0.2) is 13.4 Å². The molecule has 8 nitrogen and oxygen atoms in total. The molecule has 174 valence electrons. The van der Waals surface area contributed by atoms with Gasteiger partial charge in [0.05, 0.1) is 29.0 Å². The Kier molecular flexibility index (Phi) is 7.83. The molecule has 0 aliphatic carbocycles. The van der Waals surface area contributed by atoms with Crippen LogP contribution in [0.1, 0.15) is 25.3 Å². The molecule has 2 aromatic carbocycles. The zero-order valence-electron chi connectivity index (χ0n) is 18.1. The van der Waals surface area contributed by atoms with E-state index in [4.69, 9.17) is 16.3 Å². The van der Waals surface area contributed by atoms with Crippen LogP contribution in [0.4, 0.5) is 5.69 Å². The highest BCUT2D eigenvalue weighted by molar-refractivity contribution is 7.99. The van der Waals surface area contributed by atoms with Gasteiger partial charge in [-0.05, 0) is 41.8 Å². The molecule has 11 heteroatoms. The van der Waals surface area contributed by atoms with Crippen molar-refractivity contribution in [3.63, 3.8) is 0 Å². The second-order valence-electron chi connectivity index (χ2n) is 7.30. The van der Waals surface area contributed by atoms with E-state index in [0.29, 0.717) is 16.5 Å². The van der Waals surface area contributed by atoms with Crippen LogP contribution in [0.3, 0.4) is 0 Å². The predicted molar refractivity (Wildman–Crippen MR) is 128 cm³/mol. The third kappa shape index (κ3) is 5.95. The summed E-state index contributed by atoms with van der Waals surface area (Å²) >= 11 is 7.00. The molecule has 1 amide bonds. The van der Waals surface area contributed by atoms with Crippen LogP contribution in [0, 0.1) is 0 Å². The Hall–Kier alpha value is -2.82. The maximum atomic E-state index is 12.8. The minimum absolute atomic E-state index is 0.0112. The van der Waals surface area contributed by atoms with Crippen molar-refractivity contribution in [1.29, 1.82) is 0 Å². The molecule has 3 rings (SSSR count). The normalized spacial score (nSPS) is 11.4. The predicted octanol–water partition coefficient (Wildman–Crippen LogP) is 4.12. The van der Waals surface area contributed by atoms with Crippen LogP contribution in [0.15, 0.2) is 68.4 Å². The van der Waals surface area contributed by atoms with Gasteiger partial charge in [-0.3, -0.25) is 9.59 Å². The number of nitrogens with zero attached hydrogens (tertiary/aromatic N) is 1. The first-order valence-electron chi connectivity index (χ1n) is 9.82. The molecule has 3 aromatic rings. The monoisotopic (exact) mass is 507 g/mol. The second-order valence-corrected chi connectivity index (χ2v) is 10.6. The van der Waals surface area contributed by atoms with Crippen molar-refractivity contribution in [2.45, 2.75) is 34.7 Å². The Balaban J connectivity index is 1.68. The van der Waals surface area contributed by atoms with Crippen LogP contribution in [0.2, 0.25) is 5.02 Å². The Morgan fingerprint density at radius 3 is 2.48 bits per heavy atom. The number of methoxy groups -OCH3 is 1. The molecule has 1 aromatic heterocycles. The highest BCUT2D eigenvalue weighted by Gasteiger charge is 2.22. The van der Waals surface area contributed by atoms with Crippen molar-refractivity contribution < 1.29 is 17.9 Å². The summed E-state index contributed by atoms with van der Waals surface area (Å²) < 4.78 is 30.7. The number of amides is 1. The van der Waals surface area contributed by atoms with E-state index in [1.54, 1.807) is 30.3 Å². The molecule has 0 saturated carbocycles. The zero-order valence-corrected chi connectivity index (χ0v) is 20.5. The number of benzene rings is 2. The lowest BCUT2D eigenvalue weighted by atomic mass is 10.0. The van der Waals surface area contributed by atoms with Crippen molar-refractivity contribution in [1.82, 2.24) is 9.97 Å². The van der Waals surface area contributed by atoms with Gasteiger partial charge in [-0.1, -0.05) is 49.3 Å². The molecule has 0 spiro atoms. The van der Waals surface area contributed by atoms with E-state index in [1.807, 2.05) is 13.8 Å². The molecular weight excluding hydrogens is 486 g/mol. The number of anilines is 1. The van der Waals surface area contributed by atoms with E-state index >= 15 is 0 Å². The minimum atomic E-state index is -4.03. The number of thioether (sulfide) groups is 1.